The lowest BCUT2D eigenvalue weighted by atomic mass is 9.94. The summed E-state index contributed by atoms with van der Waals surface area (Å²) in [5.74, 6) is -1.01. The van der Waals surface area contributed by atoms with Gasteiger partial charge in [0, 0.05) is 5.92 Å². The van der Waals surface area contributed by atoms with Gasteiger partial charge in [0.1, 0.15) is 12.6 Å². The van der Waals surface area contributed by atoms with Crippen molar-refractivity contribution in [3.05, 3.63) is 48.6 Å². The molecule has 1 aromatic carbocycles. The smallest absolute Gasteiger partial charge is 0.410 e. The number of esters is 1. The van der Waals surface area contributed by atoms with Crippen LogP contribution in [0.4, 0.5) is 4.79 Å². The Morgan fingerprint density at radius 2 is 2.09 bits per heavy atom. The largest absolute Gasteiger partial charge is 0.467 e. The summed E-state index contributed by atoms with van der Waals surface area (Å²) in [5.41, 5.74) is 0.845. The third kappa shape index (κ3) is 3.90. The molecule has 1 aliphatic heterocycles. The molecule has 0 radical (unpaired) electrons. The molecule has 0 unspecified atom stereocenters. The number of methoxy groups -OCH3 is 1. The maximum absolute atomic E-state index is 12.3. The molecule has 124 valence electrons. The van der Waals surface area contributed by atoms with Crippen molar-refractivity contribution in [1.82, 2.24) is 4.90 Å². The summed E-state index contributed by atoms with van der Waals surface area (Å²) in [4.78, 5) is 25.6. The van der Waals surface area contributed by atoms with Crippen LogP contribution in [0.15, 0.2) is 43.0 Å². The van der Waals surface area contributed by atoms with Crippen LogP contribution >= 0.6 is 0 Å². The maximum atomic E-state index is 12.3. The summed E-state index contributed by atoms with van der Waals surface area (Å²) >= 11 is 0. The van der Waals surface area contributed by atoms with E-state index in [1.807, 2.05) is 30.3 Å². The number of aliphatic hydroxyl groups excluding tert-OH is 1. The molecule has 0 aromatic heterocycles. The number of nitrogens with zero attached hydrogens (tertiary/aromatic N) is 1. The van der Waals surface area contributed by atoms with Gasteiger partial charge in [-0.2, -0.15) is 0 Å². The summed E-state index contributed by atoms with van der Waals surface area (Å²) in [6.45, 7) is 3.76. The Morgan fingerprint density at radius 3 is 2.70 bits per heavy atom. The van der Waals surface area contributed by atoms with Crippen LogP contribution in [-0.4, -0.2) is 47.9 Å². The fourth-order valence-electron chi connectivity index (χ4n) is 2.78. The molecule has 23 heavy (non-hydrogen) atoms. The van der Waals surface area contributed by atoms with E-state index >= 15 is 0 Å². The number of hydrogen-bond donors (Lipinski definition) is 1. The lowest BCUT2D eigenvalue weighted by molar-refractivity contribution is -0.147. The van der Waals surface area contributed by atoms with Gasteiger partial charge in [-0.05, 0) is 12.0 Å². The Kier molecular flexibility index (Phi) is 5.76. The van der Waals surface area contributed by atoms with Crippen molar-refractivity contribution in [2.75, 3.05) is 13.7 Å². The van der Waals surface area contributed by atoms with Gasteiger partial charge in [0.15, 0.2) is 0 Å². The first-order valence-electron chi connectivity index (χ1n) is 7.42. The SMILES string of the molecule is C=CC[C@H]1[C@H](O)CN(C(=O)OCc2ccccc2)[C@@H]1C(=O)OC. The van der Waals surface area contributed by atoms with Crippen molar-refractivity contribution in [2.24, 2.45) is 5.92 Å². The molecule has 0 bridgehead atoms. The number of allylic oxidation sites excluding steroid dienone is 1. The number of rotatable bonds is 5. The van der Waals surface area contributed by atoms with Gasteiger partial charge in [0.25, 0.3) is 0 Å². The van der Waals surface area contributed by atoms with Crippen LogP contribution in [0.25, 0.3) is 0 Å². The van der Waals surface area contributed by atoms with Crippen molar-refractivity contribution in [3.8, 4) is 0 Å². The minimum atomic E-state index is -0.865. The van der Waals surface area contributed by atoms with E-state index in [4.69, 9.17) is 9.47 Å². The van der Waals surface area contributed by atoms with Crippen LogP contribution < -0.4 is 0 Å². The molecule has 6 heteroatoms. The van der Waals surface area contributed by atoms with Gasteiger partial charge in [-0.3, -0.25) is 4.90 Å². The Balaban J connectivity index is 2.07. The average molecular weight is 319 g/mol. The summed E-state index contributed by atoms with van der Waals surface area (Å²) in [6.07, 6.45) is 0.558. The van der Waals surface area contributed by atoms with Crippen LogP contribution in [-0.2, 0) is 20.9 Å². The van der Waals surface area contributed by atoms with Crippen LogP contribution in [0.1, 0.15) is 12.0 Å². The van der Waals surface area contributed by atoms with Gasteiger partial charge in [0.05, 0.1) is 19.8 Å². The molecule has 1 aliphatic rings. The van der Waals surface area contributed by atoms with Crippen LogP contribution in [0.3, 0.4) is 0 Å². The second-order valence-corrected chi connectivity index (χ2v) is 5.42. The van der Waals surface area contributed by atoms with E-state index in [-0.39, 0.29) is 13.2 Å². The van der Waals surface area contributed by atoms with E-state index in [9.17, 15) is 14.7 Å². The quantitative estimate of drug-likeness (QED) is 0.661. The van der Waals surface area contributed by atoms with Gasteiger partial charge >= 0.3 is 12.1 Å². The number of carbonyl (C=O) groups is 2. The molecule has 0 saturated carbocycles. The lowest BCUT2D eigenvalue weighted by Gasteiger charge is -2.24. The Morgan fingerprint density at radius 1 is 1.39 bits per heavy atom. The van der Waals surface area contributed by atoms with Gasteiger partial charge in [-0.15, -0.1) is 6.58 Å². The minimum absolute atomic E-state index is 0.0336. The summed E-state index contributed by atoms with van der Waals surface area (Å²) in [7, 11) is 1.26. The third-order valence-electron chi connectivity index (χ3n) is 3.94. The number of amides is 1. The molecular formula is C17H21NO5. The normalized spacial score (nSPS) is 23.4. The van der Waals surface area contributed by atoms with Crippen molar-refractivity contribution >= 4 is 12.1 Å². The minimum Gasteiger partial charge on any atom is -0.467 e. The Bertz CT molecular complexity index is 559. The van der Waals surface area contributed by atoms with Crippen molar-refractivity contribution < 1.29 is 24.2 Å². The summed E-state index contributed by atoms with van der Waals surface area (Å²) in [5, 5.41) is 10.1. The van der Waals surface area contributed by atoms with Gasteiger partial charge in [-0.25, -0.2) is 9.59 Å². The molecule has 1 fully saturated rings. The molecule has 2 rings (SSSR count). The third-order valence-corrected chi connectivity index (χ3v) is 3.94. The highest BCUT2D eigenvalue weighted by Crippen LogP contribution is 2.29. The van der Waals surface area contributed by atoms with Crippen molar-refractivity contribution in [3.63, 3.8) is 0 Å². The standard InChI is InChI=1S/C17H21NO5/c1-3-7-13-14(19)10-18(15(13)16(20)22-2)17(21)23-11-12-8-5-4-6-9-12/h3-6,8-9,13-15,19H,1,7,10-11H2,2H3/t13-,14+,15-/m0/s1. The average Bonchev–Trinajstić information content (AvgIpc) is 2.90. The van der Waals surface area contributed by atoms with E-state index in [2.05, 4.69) is 6.58 Å². The van der Waals surface area contributed by atoms with Gasteiger partial charge in [0.2, 0.25) is 0 Å². The molecule has 1 saturated heterocycles. The molecule has 1 N–H and O–H groups in total. The Hall–Kier alpha value is -2.34. The second-order valence-electron chi connectivity index (χ2n) is 5.42. The Labute approximate surface area is 135 Å². The molecule has 1 heterocycles. The fourth-order valence-corrected chi connectivity index (χ4v) is 2.78. The van der Waals surface area contributed by atoms with Gasteiger partial charge in [-0.1, -0.05) is 36.4 Å². The highest BCUT2D eigenvalue weighted by molar-refractivity contribution is 5.82. The number of ether oxygens (including phenoxy) is 2. The van der Waals surface area contributed by atoms with E-state index in [0.717, 1.165) is 5.56 Å². The molecule has 1 aromatic rings. The van der Waals surface area contributed by atoms with E-state index < -0.39 is 30.1 Å². The molecule has 0 aliphatic carbocycles. The predicted molar refractivity (Wildman–Crippen MR) is 83.4 cm³/mol. The predicted octanol–water partition coefficient (Wildman–Crippen LogP) is 1.73. The van der Waals surface area contributed by atoms with Crippen molar-refractivity contribution in [1.29, 1.82) is 0 Å². The van der Waals surface area contributed by atoms with Gasteiger partial charge < -0.3 is 14.6 Å². The van der Waals surface area contributed by atoms with E-state index in [1.54, 1.807) is 6.08 Å². The zero-order valence-electron chi connectivity index (χ0n) is 13.1. The zero-order valence-corrected chi connectivity index (χ0v) is 13.1. The number of carbonyl (C=O) groups excluding carboxylic acids is 2. The molecule has 3 atom stereocenters. The maximum Gasteiger partial charge on any atom is 0.410 e. The van der Waals surface area contributed by atoms with Crippen LogP contribution in [0.2, 0.25) is 0 Å². The monoisotopic (exact) mass is 319 g/mol. The van der Waals surface area contributed by atoms with E-state index in [1.165, 1.54) is 12.0 Å². The van der Waals surface area contributed by atoms with Crippen molar-refractivity contribution in [2.45, 2.75) is 25.2 Å². The number of aliphatic hydroxyl groups is 1. The fraction of sp³-hybridized carbons (Fsp3) is 0.412. The number of benzene rings is 1. The first-order valence-corrected chi connectivity index (χ1v) is 7.42. The number of likely N-dealkylation sites (tertiary alicyclic amines) is 1. The molecular weight excluding hydrogens is 298 g/mol. The molecule has 6 nitrogen and oxygen atoms in total. The van der Waals surface area contributed by atoms with Crippen LogP contribution in [0.5, 0.6) is 0 Å². The zero-order chi connectivity index (χ0) is 16.8. The first kappa shape index (κ1) is 17.0. The van der Waals surface area contributed by atoms with Crippen LogP contribution in [0, 0.1) is 5.92 Å². The summed E-state index contributed by atoms with van der Waals surface area (Å²) < 4.78 is 10.0. The second kappa shape index (κ2) is 7.78. The number of β-amino-alcohol motifs (C(OH)–C–C–N with tert-alkyl or cyclic N) is 1. The topological polar surface area (TPSA) is 76.1 Å². The highest BCUT2D eigenvalue weighted by Gasteiger charge is 2.48. The first-order chi connectivity index (χ1) is 11.1. The highest BCUT2D eigenvalue weighted by atomic mass is 16.6. The number of hydrogen-bond acceptors (Lipinski definition) is 5. The molecule has 1 amide bonds. The molecule has 0 spiro atoms. The lowest BCUT2D eigenvalue weighted by Crippen LogP contribution is -2.44. The summed E-state index contributed by atoms with van der Waals surface area (Å²) in [6, 6.07) is 8.38. The van der Waals surface area contributed by atoms with E-state index in [0.29, 0.717) is 6.42 Å².